The predicted molar refractivity (Wildman–Crippen MR) is 60.4 cm³/mol. The molecule has 1 heterocycles. The summed E-state index contributed by atoms with van der Waals surface area (Å²) in [6.45, 7) is 3.82. The van der Waals surface area contributed by atoms with E-state index in [0.717, 1.165) is 17.9 Å². The molecule has 3 nitrogen and oxygen atoms in total. The molecule has 1 aromatic carbocycles. The van der Waals surface area contributed by atoms with Gasteiger partial charge in [0.2, 0.25) is 5.89 Å². The fraction of sp³-hybridized carbons (Fsp3) is 0.250. The number of hydrogen-bond donors (Lipinski definition) is 1. The molecular formula is C12H13FN2O. The number of benzene rings is 1. The Hall–Kier alpha value is -1.84. The molecule has 0 aliphatic carbocycles. The molecule has 2 N–H and O–H groups in total. The third-order valence-electron chi connectivity index (χ3n) is 2.44. The first-order valence-electron chi connectivity index (χ1n) is 5.13. The van der Waals surface area contributed by atoms with Gasteiger partial charge in [0.15, 0.2) is 0 Å². The van der Waals surface area contributed by atoms with E-state index in [9.17, 15) is 4.39 Å². The fourth-order valence-corrected chi connectivity index (χ4v) is 1.58. The van der Waals surface area contributed by atoms with Crippen LogP contribution in [0.4, 0.5) is 10.1 Å². The number of aryl methyl sites for hydroxylation is 2. The Morgan fingerprint density at radius 3 is 2.75 bits per heavy atom. The van der Waals surface area contributed by atoms with Crippen molar-refractivity contribution in [2.24, 2.45) is 0 Å². The first kappa shape index (κ1) is 10.7. The lowest BCUT2D eigenvalue weighted by Gasteiger charge is -1.99. The van der Waals surface area contributed by atoms with Crippen molar-refractivity contribution >= 4 is 5.69 Å². The zero-order chi connectivity index (χ0) is 11.7. The molecule has 0 unspecified atom stereocenters. The molecule has 0 fully saturated rings. The van der Waals surface area contributed by atoms with Crippen LogP contribution in [-0.2, 0) is 6.42 Å². The third-order valence-corrected chi connectivity index (χ3v) is 2.44. The van der Waals surface area contributed by atoms with Crippen molar-refractivity contribution in [2.75, 3.05) is 5.73 Å². The van der Waals surface area contributed by atoms with E-state index in [4.69, 9.17) is 10.2 Å². The topological polar surface area (TPSA) is 52.0 Å². The number of oxazole rings is 1. The number of aromatic nitrogens is 1. The van der Waals surface area contributed by atoms with Crippen molar-refractivity contribution < 1.29 is 8.81 Å². The minimum atomic E-state index is -0.413. The summed E-state index contributed by atoms with van der Waals surface area (Å²) in [5.74, 6) is 0.682. The number of hydrogen-bond acceptors (Lipinski definition) is 3. The van der Waals surface area contributed by atoms with Crippen LogP contribution in [0.2, 0.25) is 0 Å². The summed E-state index contributed by atoms with van der Waals surface area (Å²) in [6, 6.07) is 4.47. The summed E-state index contributed by atoms with van der Waals surface area (Å²) in [6.07, 6.45) is 0.745. The second kappa shape index (κ2) is 3.96. The smallest absolute Gasteiger partial charge is 0.229 e. The number of rotatable bonds is 2. The number of nitrogens with two attached hydrogens (primary N) is 1. The van der Waals surface area contributed by atoms with Crippen LogP contribution >= 0.6 is 0 Å². The van der Waals surface area contributed by atoms with Crippen LogP contribution in [0.5, 0.6) is 0 Å². The molecule has 0 spiro atoms. The molecule has 16 heavy (non-hydrogen) atoms. The Labute approximate surface area is 93.1 Å². The Kier molecular flexibility index (Phi) is 2.64. The van der Waals surface area contributed by atoms with Gasteiger partial charge in [0.25, 0.3) is 0 Å². The highest BCUT2D eigenvalue weighted by atomic mass is 19.1. The molecule has 0 bridgehead atoms. The van der Waals surface area contributed by atoms with Crippen molar-refractivity contribution in [3.63, 3.8) is 0 Å². The SMILES string of the molecule is CCc1oc(-c2ccc(N)cc2F)nc1C. The number of nitrogens with zero attached hydrogens (tertiary/aromatic N) is 1. The molecular weight excluding hydrogens is 207 g/mol. The van der Waals surface area contributed by atoms with E-state index < -0.39 is 5.82 Å². The zero-order valence-electron chi connectivity index (χ0n) is 9.25. The maximum absolute atomic E-state index is 13.6. The van der Waals surface area contributed by atoms with Crippen molar-refractivity contribution in [1.29, 1.82) is 0 Å². The van der Waals surface area contributed by atoms with Crippen LogP contribution in [0, 0.1) is 12.7 Å². The van der Waals surface area contributed by atoms with E-state index in [0.29, 0.717) is 17.1 Å². The van der Waals surface area contributed by atoms with Gasteiger partial charge in [-0.15, -0.1) is 0 Å². The molecule has 0 amide bonds. The van der Waals surface area contributed by atoms with E-state index in [1.165, 1.54) is 6.07 Å². The minimum Gasteiger partial charge on any atom is -0.441 e. The fourth-order valence-electron chi connectivity index (χ4n) is 1.58. The predicted octanol–water partition coefficient (Wildman–Crippen LogP) is 2.93. The van der Waals surface area contributed by atoms with Gasteiger partial charge in [0.1, 0.15) is 11.6 Å². The Bertz CT molecular complexity index is 520. The normalized spacial score (nSPS) is 10.7. The molecule has 0 radical (unpaired) electrons. The number of halogens is 1. The maximum Gasteiger partial charge on any atom is 0.229 e. The maximum atomic E-state index is 13.6. The Morgan fingerprint density at radius 2 is 2.19 bits per heavy atom. The van der Waals surface area contributed by atoms with Crippen molar-refractivity contribution in [2.45, 2.75) is 20.3 Å². The molecule has 0 saturated carbocycles. The molecule has 0 saturated heterocycles. The second-order valence-corrected chi connectivity index (χ2v) is 3.62. The molecule has 1 aromatic heterocycles. The number of anilines is 1. The van der Waals surface area contributed by atoms with Crippen molar-refractivity contribution in [3.8, 4) is 11.5 Å². The van der Waals surface area contributed by atoms with Gasteiger partial charge < -0.3 is 10.2 Å². The van der Waals surface area contributed by atoms with Crippen LogP contribution in [0.3, 0.4) is 0 Å². The summed E-state index contributed by atoms with van der Waals surface area (Å²) in [5.41, 5.74) is 7.01. The molecule has 2 aromatic rings. The summed E-state index contributed by atoms with van der Waals surface area (Å²) in [5, 5.41) is 0. The van der Waals surface area contributed by atoms with Gasteiger partial charge in [0.05, 0.1) is 11.3 Å². The minimum absolute atomic E-state index is 0.312. The first-order valence-corrected chi connectivity index (χ1v) is 5.13. The summed E-state index contributed by atoms with van der Waals surface area (Å²) in [4.78, 5) is 4.19. The van der Waals surface area contributed by atoms with E-state index in [1.54, 1.807) is 12.1 Å². The van der Waals surface area contributed by atoms with E-state index in [-0.39, 0.29) is 0 Å². The largest absolute Gasteiger partial charge is 0.441 e. The second-order valence-electron chi connectivity index (χ2n) is 3.62. The molecule has 0 atom stereocenters. The van der Waals surface area contributed by atoms with Gasteiger partial charge in [-0.25, -0.2) is 9.37 Å². The number of nitrogen functional groups attached to an aromatic ring is 1. The van der Waals surface area contributed by atoms with E-state index in [2.05, 4.69) is 4.98 Å². The van der Waals surface area contributed by atoms with Crippen molar-refractivity contribution in [3.05, 3.63) is 35.5 Å². The molecule has 2 rings (SSSR count). The lowest BCUT2D eigenvalue weighted by atomic mass is 10.2. The summed E-state index contributed by atoms with van der Waals surface area (Å²) < 4.78 is 19.1. The van der Waals surface area contributed by atoms with E-state index >= 15 is 0 Å². The highest BCUT2D eigenvalue weighted by Gasteiger charge is 2.13. The Balaban J connectivity index is 2.50. The van der Waals surface area contributed by atoms with Gasteiger partial charge in [-0.05, 0) is 25.1 Å². The van der Waals surface area contributed by atoms with Crippen LogP contribution < -0.4 is 5.73 Å². The lowest BCUT2D eigenvalue weighted by Crippen LogP contribution is -1.89. The highest BCUT2D eigenvalue weighted by Crippen LogP contribution is 2.25. The average molecular weight is 220 g/mol. The molecule has 84 valence electrons. The van der Waals surface area contributed by atoms with Gasteiger partial charge in [-0.1, -0.05) is 6.92 Å². The van der Waals surface area contributed by atoms with Crippen LogP contribution in [0.1, 0.15) is 18.4 Å². The van der Waals surface area contributed by atoms with Crippen LogP contribution in [0.25, 0.3) is 11.5 Å². The van der Waals surface area contributed by atoms with Gasteiger partial charge in [-0.2, -0.15) is 0 Å². The van der Waals surface area contributed by atoms with Gasteiger partial charge in [0, 0.05) is 12.1 Å². The van der Waals surface area contributed by atoms with Gasteiger partial charge >= 0.3 is 0 Å². The Morgan fingerprint density at radius 1 is 1.44 bits per heavy atom. The molecule has 0 aliphatic rings. The quantitative estimate of drug-likeness (QED) is 0.791. The van der Waals surface area contributed by atoms with E-state index in [1.807, 2.05) is 13.8 Å². The standard InChI is InChI=1S/C12H13FN2O/c1-3-11-7(2)15-12(16-11)9-5-4-8(14)6-10(9)13/h4-6H,3,14H2,1-2H3. The summed E-state index contributed by atoms with van der Waals surface area (Å²) in [7, 11) is 0. The monoisotopic (exact) mass is 220 g/mol. The van der Waals surface area contributed by atoms with Crippen molar-refractivity contribution in [1.82, 2.24) is 4.98 Å². The third kappa shape index (κ3) is 1.78. The summed E-state index contributed by atoms with van der Waals surface area (Å²) >= 11 is 0. The van der Waals surface area contributed by atoms with Crippen LogP contribution in [0.15, 0.2) is 22.6 Å². The first-order chi connectivity index (χ1) is 7.61. The average Bonchev–Trinajstić information content (AvgIpc) is 2.59. The lowest BCUT2D eigenvalue weighted by molar-refractivity contribution is 0.516. The van der Waals surface area contributed by atoms with Crippen LogP contribution in [-0.4, -0.2) is 4.98 Å². The zero-order valence-corrected chi connectivity index (χ0v) is 9.25. The van der Waals surface area contributed by atoms with Gasteiger partial charge in [-0.3, -0.25) is 0 Å². The highest BCUT2D eigenvalue weighted by molar-refractivity contribution is 5.58. The molecule has 4 heteroatoms. The molecule has 0 aliphatic heterocycles.